The van der Waals surface area contributed by atoms with Crippen LogP contribution in [0.5, 0.6) is 0 Å². The average molecular weight is 318 g/mol. The number of benzene rings is 1. The van der Waals surface area contributed by atoms with Crippen LogP contribution >= 0.6 is 12.2 Å². The summed E-state index contributed by atoms with van der Waals surface area (Å²) in [7, 11) is 0. The molecule has 0 spiro atoms. The lowest BCUT2D eigenvalue weighted by Gasteiger charge is -2.12. The lowest BCUT2D eigenvalue weighted by atomic mass is 10.0. The first kappa shape index (κ1) is 16.2. The number of carboxylic acids is 1. The highest BCUT2D eigenvalue weighted by Crippen LogP contribution is 2.16. The summed E-state index contributed by atoms with van der Waals surface area (Å²) in [5.41, 5.74) is 2.11. The Bertz CT molecular complexity index is 817. The summed E-state index contributed by atoms with van der Waals surface area (Å²) in [5, 5.41) is 8.96. The zero-order valence-electron chi connectivity index (χ0n) is 12.7. The molecule has 0 radical (unpaired) electrons. The van der Waals surface area contributed by atoms with Gasteiger partial charge in [0.2, 0.25) is 0 Å². The van der Waals surface area contributed by atoms with Gasteiger partial charge >= 0.3 is 5.97 Å². The van der Waals surface area contributed by atoms with Gasteiger partial charge in [-0.05, 0) is 42.8 Å². The minimum atomic E-state index is -1.05. The van der Waals surface area contributed by atoms with Crippen molar-refractivity contribution < 1.29 is 9.90 Å². The largest absolute Gasteiger partial charge is 0.481 e. The van der Waals surface area contributed by atoms with Crippen LogP contribution in [0.4, 0.5) is 0 Å². The maximum absolute atomic E-state index is 12.6. The van der Waals surface area contributed by atoms with Gasteiger partial charge in [-0.2, -0.15) is 0 Å². The van der Waals surface area contributed by atoms with Crippen molar-refractivity contribution in [2.45, 2.75) is 33.1 Å². The van der Waals surface area contributed by atoms with Crippen LogP contribution in [0.1, 0.15) is 36.6 Å². The van der Waals surface area contributed by atoms with E-state index in [0.29, 0.717) is 17.3 Å². The van der Waals surface area contributed by atoms with Crippen LogP contribution in [-0.2, 0) is 11.2 Å². The average Bonchev–Trinajstić information content (AvgIpc) is 2.43. The molecule has 0 fully saturated rings. The second-order valence-corrected chi connectivity index (χ2v) is 5.88. The molecule has 0 amide bonds. The number of aromatic nitrogens is 2. The normalized spacial score (nSPS) is 10.9. The van der Waals surface area contributed by atoms with Gasteiger partial charge in [-0.1, -0.05) is 26.0 Å². The Kier molecular flexibility index (Phi) is 4.61. The van der Waals surface area contributed by atoms with E-state index in [-0.39, 0.29) is 22.3 Å². The summed E-state index contributed by atoms with van der Waals surface area (Å²) in [4.78, 5) is 26.4. The van der Waals surface area contributed by atoms with E-state index < -0.39 is 5.97 Å². The molecule has 0 aliphatic carbocycles. The molecule has 1 aromatic heterocycles. The third-order valence-corrected chi connectivity index (χ3v) is 3.84. The van der Waals surface area contributed by atoms with Crippen molar-refractivity contribution in [3.63, 3.8) is 0 Å². The van der Waals surface area contributed by atoms with Crippen molar-refractivity contribution >= 4 is 18.2 Å². The molecule has 1 heterocycles. The standard InChI is InChI=1S/C16H18N2O3S/c1-9(2)11-4-6-12(7-5-11)18-15(21)13(8-14(19)20)10(3)17-16(18)22/h4-7,9H,8H2,1-3H3,(H,17,22)(H,19,20). The topological polar surface area (TPSA) is 75.1 Å². The summed E-state index contributed by atoms with van der Waals surface area (Å²) >= 11 is 5.23. The highest BCUT2D eigenvalue weighted by molar-refractivity contribution is 7.71. The van der Waals surface area contributed by atoms with Gasteiger partial charge in [-0.3, -0.25) is 14.2 Å². The summed E-state index contributed by atoms with van der Waals surface area (Å²) in [6, 6.07) is 7.52. The predicted octanol–water partition coefficient (Wildman–Crippen LogP) is 2.95. The molecule has 0 aliphatic heterocycles. The molecule has 5 nitrogen and oxygen atoms in total. The maximum Gasteiger partial charge on any atom is 0.308 e. The van der Waals surface area contributed by atoms with Crippen LogP contribution in [-0.4, -0.2) is 20.6 Å². The van der Waals surface area contributed by atoms with Crippen molar-refractivity contribution in [3.8, 4) is 5.69 Å². The molecule has 2 N–H and O–H groups in total. The lowest BCUT2D eigenvalue weighted by Crippen LogP contribution is -2.27. The molecule has 0 bridgehead atoms. The molecule has 116 valence electrons. The van der Waals surface area contributed by atoms with Gasteiger partial charge in [0.05, 0.1) is 12.1 Å². The van der Waals surface area contributed by atoms with E-state index >= 15 is 0 Å². The van der Waals surface area contributed by atoms with Crippen molar-refractivity contribution in [2.75, 3.05) is 0 Å². The van der Waals surface area contributed by atoms with Gasteiger partial charge in [0.25, 0.3) is 5.56 Å². The zero-order chi connectivity index (χ0) is 16.4. The Morgan fingerprint density at radius 2 is 1.91 bits per heavy atom. The van der Waals surface area contributed by atoms with E-state index in [2.05, 4.69) is 18.8 Å². The minimum Gasteiger partial charge on any atom is -0.481 e. The van der Waals surface area contributed by atoms with Crippen LogP contribution < -0.4 is 5.56 Å². The van der Waals surface area contributed by atoms with Gasteiger partial charge < -0.3 is 10.1 Å². The Morgan fingerprint density at radius 1 is 1.32 bits per heavy atom. The second-order valence-electron chi connectivity index (χ2n) is 5.49. The number of aryl methyl sites for hydroxylation is 1. The number of carboxylic acid groups (broad SMARTS) is 1. The summed E-state index contributed by atoms with van der Waals surface area (Å²) in [5.74, 6) is -0.659. The number of carbonyl (C=O) groups is 1. The molecule has 6 heteroatoms. The molecule has 0 aliphatic rings. The second kappa shape index (κ2) is 6.27. The molecule has 22 heavy (non-hydrogen) atoms. The highest BCUT2D eigenvalue weighted by Gasteiger charge is 2.14. The molecule has 2 aromatic rings. The quantitative estimate of drug-likeness (QED) is 0.850. The fourth-order valence-electron chi connectivity index (χ4n) is 2.28. The Morgan fingerprint density at radius 3 is 2.41 bits per heavy atom. The van der Waals surface area contributed by atoms with Gasteiger partial charge in [-0.15, -0.1) is 0 Å². The minimum absolute atomic E-state index is 0.217. The van der Waals surface area contributed by atoms with Gasteiger partial charge in [0, 0.05) is 11.3 Å². The molecule has 0 unspecified atom stereocenters. The van der Waals surface area contributed by atoms with E-state index in [4.69, 9.17) is 17.3 Å². The predicted molar refractivity (Wildman–Crippen MR) is 87.4 cm³/mol. The monoisotopic (exact) mass is 318 g/mol. The first-order valence-electron chi connectivity index (χ1n) is 6.98. The zero-order valence-corrected chi connectivity index (χ0v) is 13.5. The van der Waals surface area contributed by atoms with Gasteiger partial charge in [0.1, 0.15) is 0 Å². The van der Waals surface area contributed by atoms with Crippen molar-refractivity contribution in [3.05, 3.63) is 56.2 Å². The lowest BCUT2D eigenvalue weighted by molar-refractivity contribution is -0.136. The molecule has 2 rings (SSSR count). The molecule has 0 saturated carbocycles. The Hall–Kier alpha value is -2.21. The number of hydrogen-bond donors (Lipinski definition) is 2. The van der Waals surface area contributed by atoms with Crippen LogP contribution in [0.25, 0.3) is 5.69 Å². The highest BCUT2D eigenvalue weighted by atomic mass is 32.1. The Labute approximate surface area is 133 Å². The van der Waals surface area contributed by atoms with E-state index in [9.17, 15) is 9.59 Å². The van der Waals surface area contributed by atoms with Crippen LogP contribution in [0.3, 0.4) is 0 Å². The Balaban J connectivity index is 2.62. The number of hydrogen-bond acceptors (Lipinski definition) is 3. The van der Waals surface area contributed by atoms with Crippen LogP contribution in [0, 0.1) is 11.7 Å². The number of nitrogens with one attached hydrogen (secondary N) is 1. The molecular formula is C16H18N2O3S. The number of aliphatic carboxylic acids is 1. The molecular weight excluding hydrogens is 300 g/mol. The van der Waals surface area contributed by atoms with E-state index in [1.165, 1.54) is 4.57 Å². The number of H-pyrrole nitrogens is 1. The molecule has 0 saturated heterocycles. The maximum atomic E-state index is 12.6. The van der Waals surface area contributed by atoms with Crippen molar-refractivity contribution in [1.82, 2.24) is 9.55 Å². The molecule has 1 aromatic carbocycles. The SMILES string of the molecule is Cc1[nH]c(=S)n(-c2ccc(C(C)C)cc2)c(=O)c1CC(=O)O. The third-order valence-electron chi connectivity index (χ3n) is 3.56. The smallest absolute Gasteiger partial charge is 0.308 e. The number of aromatic amines is 1. The summed E-state index contributed by atoms with van der Waals surface area (Å²) in [6.07, 6.45) is -0.332. The van der Waals surface area contributed by atoms with E-state index in [0.717, 1.165) is 5.56 Å². The first-order chi connectivity index (χ1) is 10.3. The summed E-state index contributed by atoms with van der Waals surface area (Å²) < 4.78 is 1.60. The van der Waals surface area contributed by atoms with Crippen molar-refractivity contribution in [1.29, 1.82) is 0 Å². The number of nitrogens with zero attached hydrogens (tertiary/aromatic N) is 1. The fraction of sp³-hybridized carbons (Fsp3) is 0.312. The molecule has 0 atom stereocenters. The van der Waals surface area contributed by atoms with Gasteiger partial charge in [0.15, 0.2) is 4.77 Å². The van der Waals surface area contributed by atoms with E-state index in [1.807, 2.05) is 24.3 Å². The first-order valence-corrected chi connectivity index (χ1v) is 7.39. The van der Waals surface area contributed by atoms with Crippen LogP contribution in [0.2, 0.25) is 0 Å². The van der Waals surface area contributed by atoms with Gasteiger partial charge in [-0.25, -0.2) is 0 Å². The fourth-order valence-corrected chi connectivity index (χ4v) is 2.62. The van der Waals surface area contributed by atoms with Crippen LogP contribution in [0.15, 0.2) is 29.1 Å². The number of rotatable bonds is 4. The van der Waals surface area contributed by atoms with E-state index in [1.54, 1.807) is 6.92 Å². The van der Waals surface area contributed by atoms with Crippen molar-refractivity contribution in [2.24, 2.45) is 0 Å². The summed E-state index contributed by atoms with van der Waals surface area (Å²) in [6.45, 7) is 5.83. The third kappa shape index (κ3) is 3.17.